The van der Waals surface area contributed by atoms with E-state index in [1.807, 2.05) is 0 Å². The smallest absolute Gasteiger partial charge is 0.391 e. The predicted octanol–water partition coefficient (Wildman–Crippen LogP) is -3.62. The summed E-state index contributed by atoms with van der Waals surface area (Å²) in [6.45, 7) is 0. The number of nitrogens with two attached hydrogens (primary N) is 3. The summed E-state index contributed by atoms with van der Waals surface area (Å²) in [5, 5.41) is 4.86. The van der Waals surface area contributed by atoms with Crippen molar-refractivity contribution in [3.8, 4) is 0 Å². The molecule has 1 aliphatic heterocycles. The minimum atomic E-state index is -4.67. The third-order valence-electron chi connectivity index (χ3n) is 1.13. The molecule has 1 unspecified atom stereocenters. The van der Waals surface area contributed by atoms with Gasteiger partial charge in [0, 0.05) is 0 Å². The van der Waals surface area contributed by atoms with Gasteiger partial charge in [0.05, 0.1) is 0 Å². The number of hydrogen-bond donors (Lipinski definition) is 7. The van der Waals surface area contributed by atoms with E-state index in [1.54, 1.807) is 0 Å². The Bertz CT molecular complexity index is 367. The molecule has 15 heavy (non-hydrogen) atoms. The number of hydrogen-bond acceptors (Lipinski definition) is 7. The summed E-state index contributed by atoms with van der Waals surface area (Å²) in [4.78, 5) is 10.7. The van der Waals surface area contributed by atoms with Crippen LogP contribution in [0.3, 0.4) is 0 Å². The van der Waals surface area contributed by atoms with Crippen LogP contribution >= 0.6 is 0 Å². The Morgan fingerprint density at radius 2 is 1.60 bits per heavy atom. The van der Waals surface area contributed by atoms with Crippen LogP contribution in [0.25, 0.3) is 0 Å². The fourth-order valence-corrected chi connectivity index (χ4v) is 0.623. The van der Waals surface area contributed by atoms with E-state index in [1.165, 1.54) is 0 Å². The molecule has 1 aliphatic rings. The highest BCUT2D eigenvalue weighted by molar-refractivity contribution is 7.79. The highest BCUT2D eigenvalue weighted by atomic mass is 32.3. The first-order valence-electron chi connectivity index (χ1n) is 3.39. The molecular formula is C4H11N5O5S. The van der Waals surface area contributed by atoms with Crippen molar-refractivity contribution in [1.29, 1.82) is 0 Å². The molecule has 0 aromatic carbocycles. The van der Waals surface area contributed by atoms with Gasteiger partial charge in [-0.1, -0.05) is 0 Å². The number of carbonyl (C=O) groups excluding carboxylic acids is 1. The van der Waals surface area contributed by atoms with Crippen LogP contribution in [0, 0.1) is 0 Å². The second-order valence-corrected chi connectivity index (χ2v) is 3.27. The molecule has 1 heterocycles. The van der Waals surface area contributed by atoms with Crippen molar-refractivity contribution >= 4 is 16.3 Å². The van der Waals surface area contributed by atoms with Crippen molar-refractivity contribution < 1.29 is 22.3 Å². The number of amides is 1. The second-order valence-electron chi connectivity index (χ2n) is 2.37. The van der Waals surface area contributed by atoms with E-state index >= 15 is 0 Å². The van der Waals surface area contributed by atoms with E-state index in [-0.39, 0.29) is 11.5 Å². The highest BCUT2D eigenvalue weighted by Gasteiger charge is 2.18. The third kappa shape index (κ3) is 6.50. The van der Waals surface area contributed by atoms with Gasteiger partial charge in [0.15, 0.2) is 6.29 Å². The lowest BCUT2D eigenvalue weighted by Crippen LogP contribution is -2.58. The van der Waals surface area contributed by atoms with Crippen molar-refractivity contribution in [2.45, 2.75) is 6.29 Å². The Morgan fingerprint density at radius 1 is 1.20 bits per heavy atom. The Morgan fingerprint density at radius 3 is 1.93 bits per heavy atom. The molecule has 10 N–H and O–H groups in total. The average Bonchev–Trinajstić information content (AvgIpc) is 1.96. The van der Waals surface area contributed by atoms with Gasteiger partial charge in [-0.25, -0.2) is 0 Å². The van der Waals surface area contributed by atoms with Gasteiger partial charge in [0.1, 0.15) is 11.5 Å². The monoisotopic (exact) mass is 241 g/mol. The predicted molar refractivity (Wildman–Crippen MR) is 48.8 cm³/mol. The Kier molecular flexibility index (Phi) is 4.29. The maximum atomic E-state index is 10.7. The summed E-state index contributed by atoms with van der Waals surface area (Å²) in [7, 11) is -4.67. The molecular weight excluding hydrogens is 230 g/mol. The zero-order valence-electron chi connectivity index (χ0n) is 7.34. The Balaban J connectivity index is 0.000000336. The van der Waals surface area contributed by atoms with E-state index in [2.05, 4.69) is 10.6 Å². The van der Waals surface area contributed by atoms with Crippen molar-refractivity contribution in [3.05, 3.63) is 11.5 Å². The largest absolute Gasteiger partial charge is 0.394 e. The third-order valence-corrected chi connectivity index (χ3v) is 1.13. The normalized spacial score (nSPS) is 21.0. The van der Waals surface area contributed by atoms with Crippen LogP contribution in [-0.2, 0) is 15.2 Å². The molecule has 0 saturated heterocycles. The van der Waals surface area contributed by atoms with E-state index in [0.29, 0.717) is 0 Å². The van der Waals surface area contributed by atoms with Crippen LogP contribution in [0.15, 0.2) is 11.5 Å². The van der Waals surface area contributed by atoms with Gasteiger partial charge in [-0.3, -0.25) is 19.6 Å². The van der Waals surface area contributed by atoms with Gasteiger partial charge in [-0.2, -0.15) is 8.42 Å². The van der Waals surface area contributed by atoms with Crippen molar-refractivity contribution in [3.63, 3.8) is 0 Å². The molecule has 1 amide bonds. The Hall–Kier alpha value is -1.56. The van der Waals surface area contributed by atoms with Gasteiger partial charge in [-0.15, -0.1) is 0 Å². The summed E-state index contributed by atoms with van der Waals surface area (Å²) < 4.78 is 31.6. The molecule has 0 spiro atoms. The maximum absolute atomic E-state index is 10.7. The lowest BCUT2D eigenvalue weighted by Gasteiger charge is -2.22. The molecule has 0 fully saturated rings. The van der Waals surface area contributed by atoms with E-state index in [9.17, 15) is 4.79 Å². The molecule has 1 rings (SSSR count). The van der Waals surface area contributed by atoms with Crippen LogP contribution < -0.4 is 27.8 Å². The second kappa shape index (κ2) is 4.79. The zero-order chi connectivity index (χ0) is 12.2. The quantitative estimate of drug-likeness (QED) is 0.209. The van der Waals surface area contributed by atoms with Crippen LogP contribution in [0.2, 0.25) is 0 Å². The molecule has 0 radical (unpaired) electrons. The molecule has 0 saturated carbocycles. The first-order valence-corrected chi connectivity index (χ1v) is 4.79. The van der Waals surface area contributed by atoms with Crippen molar-refractivity contribution in [1.82, 2.24) is 10.6 Å². The molecule has 0 bridgehead atoms. The van der Waals surface area contributed by atoms with E-state index < -0.39 is 22.6 Å². The van der Waals surface area contributed by atoms with Crippen molar-refractivity contribution in [2.75, 3.05) is 0 Å². The number of nitrogens with one attached hydrogen (secondary N) is 2. The van der Waals surface area contributed by atoms with Gasteiger partial charge < -0.3 is 22.1 Å². The van der Waals surface area contributed by atoms with Gasteiger partial charge >= 0.3 is 10.4 Å². The van der Waals surface area contributed by atoms with Gasteiger partial charge in [0.2, 0.25) is 0 Å². The Labute approximate surface area is 85.1 Å². The molecule has 11 heteroatoms. The molecule has 0 aliphatic carbocycles. The zero-order valence-corrected chi connectivity index (χ0v) is 8.15. The molecule has 88 valence electrons. The van der Waals surface area contributed by atoms with Crippen LogP contribution in [0.1, 0.15) is 0 Å². The fourth-order valence-electron chi connectivity index (χ4n) is 0.623. The summed E-state index contributed by atoms with van der Waals surface area (Å²) in [5.41, 5.74) is 15.7. The lowest BCUT2D eigenvalue weighted by molar-refractivity contribution is -0.119. The van der Waals surface area contributed by atoms with Gasteiger partial charge in [0.25, 0.3) is 5.91 Å². The van der Waals surface area contributed by atoms with Crippen LogP contribution in [0.4, 0.5) is 0 Å². The minimum Gasteiger partial charge on any atom is -0.391 e. The molecule has 10 nitrogen and oxygen atoms in total. The summed E-state index contributed by atoms with van der Waals surface area (Å²) in [5.74, 6) is -0.319. The number of carbonyl (C=O) groups is 1. The first-order chi connectivity index (χ1) is 6.61. The van der Waals surface area contributed by atoms with E-state index in [4.69, 9.17) is 34.7 Å². The van der Waals surface area contributed by atoms with Gasteiger partial charge in [-0.05, 0) is 0 Å². The lowest BCUT2D eigenvalue weighted by atomic mass is 10.3. The maximum Gasteiger partial charge on any atom is 0.394 e. The standard InChI is InChI=1S/C4H9N5O.H2O4S/c5-1-2(6)8-4(7)9-3(1)10;1-5(2,3)4/h4,8H,5-7H2,(H,9,10);(H2,1,2,3,4). The number of rotatable bonds is 0. The average molecular weight is 241 g/mol. The van der Waals surface area contributed by atoms with E-state index in [0.717, 1.165) is 0 Å². The van der Waals surface area contributed by atoms with Crippen LogP contribution in [0.5, 0.6) is 0 Å². The SMILES string of the molecule is NC1=C(N)C(=O)NC(N)N1.O=S(=O)(O)O. The summed E-state index contributed by atoms with van der Waals surface area (Å²) in [6.07, 6.45) is -0.639. The summed E-state index contributed by atoms with van der Waals surface area (Å²) >= 11 is 0. The summed E-state index contributed by atoms with van der Waals surface area (Å²) in [6, 6.07) is 0. The molecule has 1 atom stereocenters. The van der Waals surface area contributed by atoms with Crippen LogP contribution in [-0.4, -0.2) is 29.7 Å². The minimum absolute atomic E-state index is 0.0262. The molecule has 0 aromatic heterocycles. The first kappa shape index (κ1) is 13.4. The topological polar surface area (TPSA) is 194 Å². The fraction of sp³-hybridized carbons (Fsp3) is 0.250. The van der Waals surface area contributed by atoms with Crippen molar-refractivity contribution in [2.24, 2.45) is 17.2 Å². The molecule has 0 aromatic rings. The highest BCUT2D eigenvalue weighted by Crippen LogP contribution is 1.93.